The number of carbonyl (C=O) groups is 1. The highest BCUT2D eigenvalue weighted by molar-refractivity contribution is 5.96. The van der Waals surface area contributed by atoms with Crippen LogP contribution in [0.15, 0.2) is 23.8 Å². The highest BCUT2D eigenvalue weighted by Gasteiger charge is 2.06. The number of carboxylic acid groups (broad SMARTS) is 1. The minimum absolute atomic E-state index is 0.117. The highest BCUT2D eigenvalue weighted by Crippen LogP contribution is 2.16. The molecule has 0 saturated heterocycles. The zero-order valence-electron chi connectivity index (χ0n) is 7.44. The fraction of sp³-hybridized carbons (Fsp3) is 0. The summed E-state index contributed by atoms with van der Waals surface area (Å²) in [5.41, 5.74) is -0.411. The van der Waals surface area contributed by atoms with Crippen LogP contribution >= 0.6 is 0 Å². The second kappa shape index (κ2) is 4.24. The average Bonchev–Trinajstić information content (AvgIpc) is 2.12. The number of halogens is 1. The first-order chi connectivity index (χ1) is 7.02. The van der Waals surface area contributed by atoms with Gasteiger partial charge in [0.15, 0.2) is 0 Å². The number of aromatic hydroxyl groups is 1. The third kappa shape index (κ3) is 2.81. The summed E-state index contributed by atoms with van der Waals surface area (Å²) < 4.78 is 12.8. The zero-order chi connectivity index (χ0) is 11.4. The topological polar surface area (TPSA) is 81.3 Å². The summed E-state index contributed by atoms with van der Waals surface area (Å²) in [4.78, 5) is 10.5. The molecule has 0 heterocycles. The molecule has 0 atom stereocenters. The molecule has 76 valence electrons. The van der Waals surface area contributed by atoms with E-state index in [0.717, 1.165) is 24.3 Å². The maximum Gasteiger partial charge on any atom is 0.346 e. The van der Waals surface area contributed by atoms with Crippen molar-refractivity contribution in [1.29, 1.82) is 5.26 Å². The van der Waals surface area contributed by atoms with E-state index in [1.165, 1.54) is 6.07 Å². The van der Waals surface area contributed by atoms with Crippen molar-refractivity contribution in [2.75, 3.05) is 0 Å². The van der Waals surface area contributed by atoms with Gasteiger partial charge in [-0.3, -0.25) is 0 Å². The summed E-state index contributed by atoms with van der Waals surface area (Å²) in [6, 6.07) is 4.50. The number of nitrogens with zero attached hydrogens (tertiary/aromatic N) is 1. The first-order valence-electron chi connectivity index (χ1n) is 3.87. The highest BCUT2D eigenvalue weighted by atomic mass is 19.1. The normalized spacial score (nSPS) is 10.8. The van der Waals surface area contributed by atoms with Gasteiger partial charge in [-0.2, -0.15) is 5.26 Å². The van der Waals surface area contributed by atoms with E-state index in [1.807, 2.05) is 0 Å². The van der Waals surface area contributed by atoms with Crippen LogP contribution in [0.1, 0.15) is 5.56 Å². The van der Waals surface area contributed by atoms with E-state index in [9.17, 15) is 9.18 Å². The lowest BCUT2D eigenvalue weighted by Crippen LogP contribution is -1.97. The minimum atomic E-state index is -1.40. The molecule has 0 aliphatic rings. The van der Waals surface area contributed by atoms with Gasteiger partial charge >= 0.3 is 5.97 Å². The largest absolute Gasteiger partial charge is 0.508 e. The number of rotatable bonds is 2. The van der Waals surface area contributed by atoms with E-state index in [-0.39, 0.29) is 11.3 Å². The monoisotopic (exact) mass is 207 g/mol. The molecule has 0 saturated carbocycles. The van der Waals surface area contributed by atoms with Crippen LogP contribution in [0.5, 0.6) is 5.75 Å². The molecule has 0 unspecified atom stereocenters. The van der Waals surface area contributed by atoms with Gasteiger partial charge in [0.05, 0.1) is 0 Å². The zero-order valence-corrected chi connectivity index (χ0v) is 7.44. The first kappa shape index (κ1) is 10.7. The summed E-state index contributed by atoms with van der Waals surface area (Å²) in [7, 11) is 0. The number of hydrogen-bond donors (Lipinski definition) is 2. The quantitative estimate of drug-likeness (QED) is 0.569. The molecular formula is C10H6FNO3. The summed E-state index contributed by atoms with van der Waals surface area (Å²) >= 11 is 0. The smallest absolute Gasteiger partial charge is 0.346 e. The lowest BCUT2D eigenvalue weighted by atomic mass is 10.1. The lowest BCUT2D eigenvalue weighted by Gasteiger charge is -1.97. The molecule has 1 aromatic rings. The fourth-order valence-corrected chi connectivity index (χ4v) is 0.988. The fourth-order valence-electron chi connectivity index (χ4n) is 0.988. The van der Waals surface area contributed by atoms with Gasteiger partial charge in [0.1, 0.15) is 23.2 Å². The predicted octanol–water partition coefficient (Wildman–Crippen LogP) is 1.52. The Morgan fingerprint density at radius 1 is 1.47 bits per heavy atom. The molecule has 0 aliphatic heterocycles. The van der Waals surface area contributed by atoms with E-state index >= 15 is 0 Å². The second-order valence-electron chi connectivity index (χ2n) is 2.72. The van der Waals surface area contributed by atoms with Crippen molar-refractivity contribution in [1.82, 2.24) is 0 Å². The maximum absolute atomic E-state index is 12.8. The predicted molar refractivity (Wildman–Crippen MR) is 49.3 cm³/mol. The van der Waals surface area contributed by atoms with Crippen LogP contribution < -0.4 is 0 Å². The van der Waals surface area contributed by atoms with Gasteiger partial charge in [0, 0.05) is 6.07 Å². The molecule has 15 heavy (non-hydrogen) atoms. The molecule has 2 N–H and O–H groups in total. The van der Waals surface area contributed by atoms with Crippen molar-refractivity contribution in [3.63, 3.8) is 0 Å². The Balaban J connectivity index is 3.18. The molecular weight excluding hydrogens is 201 g/mol. The van der Waals surface area contributed by atoms with Gasteiger partial charge in [-0.05, 0) is 23.8 Å². The molecule has 0 bridgehead atoms. The molecule has 5 heteroatoms. The summed E-state index contributed by atoms with van der Waals surface area (Å²) in [6.45, 7) is 0. The van der Waals surface area contributed by atoms with Gasteiger partial charge in [-0.25, -0.2) is 9.18 Å². The van der Waals surface area contributed by atoms with Crippen LogP contribution in [-0.2, 0) is 4.79 Å². The first-order valence-corrected chi connectivity index (χ1v) is 3.87. The minimum Gasteiger partial charge on any atom is -0.508 e. The average molecular weight is 207 g/mol. The molecule has 0 spiro atoms. The Kier molecular flexibility index (Phi) is 3.03. The van der Waals surface area contributed by atoms with Crippen LogP contribution in [0, 0.1) is 17.1 Å². The number of benzene rings is 1. The number of aliphatic carboxylic acids is 1. The van der Waals surface area contributed by atoms with Gasteiger partial charge in [-0.1, -0.05) is 0 Å². The number of phenolic OH excluding ortho intramolecular Hbond substituents is 1. The van der Waals surface area contributed by atoms with Gasteiger partial charge < -0.3 is 10.2 Å². The Hall–Kier alpha value is -2.35. The number of hydrogen-bond acceptors (Lipinski definition) is 3. The van der Waals surface area contributed by atoms with Gasteiger partial charge in [0.2, 0.25) is 0 Å². The van der Waals surface area contributed by atoms with Crippen molar-refractivity contribution in [2.45, 2.75) is 0 Å². The number of phenols is 1. The Morgan fingerprint density at radius 2 is 2.13 bits per heavy atom. The standard InChI is InChI=1S/C10H6FNO3/c11-8-2-6(3-9(13)4-8)1-7(5-12)10(14)15/h1-4,13H,(H,14,15)/b7-1+. The van der Waals surface area contributed by atoms with Crippen molar-refractivity contribution < 1.29 is 19.4 Å². The SMILES string of the molecule is N#C/C(=C\c1cc(O)cc(F)c1)C(=O)O. The second-order valence-corrected chi connectivity index (χ2v) is 2.72. The molecule has 0 aromatic heterocycles. The van der Waals surface area contributed by atoms with E-state index in [0.29, 0.717) is 0 Å². The Bertz CT molecular complexity index is 454. The van der Waals surface area contributed by atoms with E-state index < -0.39 is 17.4 Å². The molecule has 0 aliphatic carbocycles. The Labute approximate surface area is 84.5 Å². The van der Waals surface area contributed by atoms with Crippen molar-refractivity contribution >= 4 is 12.0 Å². The van der Waals surface area contributed by atoms with E-state index in [4.69, 9.17) is 15.5 Å². The Morgan fingerprint density at radius 3 is 2.60 bits per heavy atom. The molecule has 4 nitrogen and oxygen atoms in total. The van der Waals surface area contributed by atoms with Crippen LogP contribution in [0.4, 0.5) is 4.39 Å². The maximum atomic E-state index is 12.8. The summed E-state index contributed by atoms with van der Waals surface area (Å²) in [5.74, 6) is -2.44. The molecule has 0 fully saturated rings. The van der Waals surface area contributed by atoms with Crippen LogP contribution in [0.3, 0.4) is 0 Å². The van der Waals surface area contributed by atoms with Crippen LogP contribution in [-0.4, -0.2) is 16.2 Å². The van der Waals surface area contributed by atoms with Crippen molar-refractivity contribution in [3.8, 4) is 11.8 Å². The lowest BCUT2D eigenvalue weighted by molar-refractivity contribution is -0.132. The summed E-state index contributed by atoms with van der Waals surface area (Å²) in [6.07, 6.45) is 0.977. The van der Waals surface area contributed by atoms with Crippen LogP contribution in [0.2, 0.25) is 0 Å². The van der Waals surface area contributed by atoms with Crippen LogP contribution in [0.25, 0.3) is 6.08 Å². The number of nitriles is 1. The van der Waals surface area contributed by atoms with Gasteiger partial charge in [0.25, 0.3) is 0 Å². The number of carboxylic acids is 1. The molecule has 0 radical (unpaired) electrons. The third-order valence-corrected chi connectivity index (χ3v) is 1.57. The molecule has 1 aromatic carbocycles. The summed E-state index contributed by atoms with van der Waals surface area (Å²) in [5, 5.41) is 26.0. The third-order valence-electron chi connectivity index (χ3n) is 1.57. The van der Waals surface area contributed by atoms with E-state index in [2.05, 4.69) is 0 Å². The van der Waals surface area contributed by atoms with E-state index in [1.54, 1.807) is 0 Å². The van der Waals surface area contributed by atoms with Crippen molar-refractivity contribution in [2.24, 2.45) is 0 Å². The molecule has 0 amide bonds. The van der Waals surface area contributed by atoms with Crippen molar-refractivity contribution in [3.05, 3.63) is 35.2 Å². The molecule has 1 rings (SSSR count). The van der Waals surface area contributed by atoms with Gasteiger partial charge in [-0.15, -0.1) is 0 Å².